The van der Waals surface area contributed by atoms with Crippen LogP contribution in [0.3, 0.4) is 0 Å². The fourth-order valence-electron chi connectivity index (χ4n) is 2.18. The number of benzene rings is 1. The third-order valence-electron chi connectivity index (χ3n) is 3.35. The van der Waals surface area contributed by atoms with Crippen LogP contribution < -0.4 is 11.1 Å². The van der Waals surface area contributed by atoms with E-state index in [9.17, 15) is 9.59 Å². The molecule has 0 radical (unpaired) electrons. The lowest BCUT2D eigenvalue weighted by Gasteiger charge is -2.13. The lowest BCUT2D eigenvalue weighted by atomic mass is 9.95. The standard InChI is InChI=1S/C11H14ClN.C4H7NO4/c12-7-10-8-13-6-5-9-3-1-2-4-11(9)10;5-2(4(8)9)1-3(6)7/h1-4,10,13H,5-8H2;2H,1,5H2,(H,6,7)(H,8,9)/t;2-/m.0/s1. The minimum absolute atomic E-state index is 0.486. The molecule has 2 atom stereocenters. The molecule has 0 bridgehead atoms. The lowest BCUT2D eigenvalue weighted by molar-refractivity contribution is -0.144. The Balaban J connectivity index is 0.000000239. The van der Waals surface area contributed by atoms with Crippen LogP contribution in [-0.4, -0.2) is 47.2 Å². The second-order valence-corrected chi connectivity index (χ2v) is 5.36. The van der Waals surface area contributed by atoms with Crippen molar-refractivity contribution >= 4 is 23.5 Å². The molecule has 7 heteroatoms. The molecule has 0 fully saturated rings. The number of hydrogen-bond acceptors (Lipinski definition) is 4. The molecule has 1 aliphatic rings. The van der Waals surface area contributed by atoms with E-state index >= 15 is 0 Å². The Morgan fingerprint density at radius 2 is 2.05 bits per heavy atom. The van der Waals surface area contributed by atoms with Crippen molar-refractivity contribution in [1.82, 2.24) is 5.32 Å². The summed E-state index contributed by atoms with van der Waals surface area (Å²) in [7, 11) is 0. The Kier molecular flexibility index (Phi) is 7.87. The number of nitrogens with two attached hydrogens (primary N) is 1. The molecule has 0 aliphatic carbocycles. The summed E-state index contributed by atoms with van der Waals surface area (Å²) in [5.41, 5.74) is 7.73. The van der Waals surface area contributed by atoms with Gasteiger partial charge in [0.05, 0.1) is 6.42 Å². The SMILES string of the molecule is ClCC1CNCCc2ccccc21.N[C@@H](CC(=O)O)C(=O)O. The first-order chi connectivity index (χ1) is 10.5. The van der Waals surface area contributed by atoms with Gasteiger partial charge in [0.2, 0.25) is 0 Å². The zero-order valence-corrected chi connectivity index (χ0v) is 12.9. The maximum absolute atomic E-state index is 9.85. The number of fused-ring (bicyclic) bond motifs is 1. The third-order valence-corrected chi connectivity index (χ3v) is 3.73. The minimum atomic E-state index is -1.29. The monoisotopic (exact) mass is 328 g/mol. The summed E-state index contributed by atoms with van der Waals surface area (Å²) in [6.45, 7) is 2.09. The highest BCUT2D eigenvalue weighted by Crippen LogP contribution is 2.23. The van der Waals surface area contributed by atoms with Crippen LogP contribution >= 0.6 is 11.6 Å². The number of halogens is 1. The van der Waals surface area contributed by atoms with E-state index in [1.807, 2.05) is 0 Å². The number of hydrogen-bond donors (Lipinski definition) is 4. The summed E-state index contributed by atoms with van der Waals surface area (Å²) in [5, 5.41) is 19.4. The molecule has 2 rings (SSSR count). The number of carboxylic acids is 2. The summed E-state index contributed by atoms with van der Waals surface area (Å²) in [6, 6.07) is 7.33. The predicted octanol–water partition coefficient (Wildman–Crippen LogP) is 1.03. The van der Waals surface area contributed by atoms with Crippen molar-refractivity contribution in [3.8, 4) is 0 Å². The second kappa shape index (κ2) is 9.40. The highest BCUT2D eigenvalue weighted by Gasteiger charge is 2.16. The largest absolute Gasteiger partial charge is 0.481 e. The first-order valence-electron chi connectivity index (χ1n) is 7.00. The molecule has 122 valence electrons. The van der Waals surface area contributed by atoms with E-state index in [0.717, 1.165) is 19.5 Å². The summed E-state index contributed by atoms with van der Waals surface area (Å²) in [4.78, 5) is 19.6. The average molecular weight is 329 g/mol. The molecule has 22 heavy (non-hydrogen) atoms. The Morgan fingerprint density at radius 3 is 2.59 bits per heavy atom. The van der Waals surface area contributed by atoms with E-state index in [1.165, 1.54) is 11.1 Å². The van der Waals surface area contributed by atoms with Crippen LogP contribution in [-0.2, 0) is 16.0 Å². The Hall–Kier alpha value is -1.63. The molecular weight excluding hydrogens is 308 g/mol. The van der Waals surface area contributed by atoms with Gasteiger partial charge in [-0.15, -0.1) is 11.6 Å². The molecule has 1 aromatic carbocycles. The molecule has 6 nitrogen and oxygen atoms in total. The lowest BCUT2D eigenvalue weighted by Crippen LogP contribution is -2.32. The zero-order valence-electron chi connectivity index (χ0n) is 12.2. The van der Waals surface area contributed by atoms with Gasteiger partial charge in [0.15, 0.2) is 0 Å². The minimum Gasteiger partial charge on any atom is -0.481 e. The van der Waals surface area contributed by atoms with Crippen molar-refractivity contribution < 1.29 is 19.8 Å². The first-order valence-corrected chi connectivity index (χ1v) is 7.53. The fraction of sp³-hybridized carbons (Fsp3) is 0.467. The van der Waals surface area contributed by atoms with E-state index < -0.39 is 24.4 Å². The Morgan fingerprint density at radius 1 is 1.36 bits per heavy atom. The molecule has 0 saturated heterocycles. The van der Waals surface area contributed by atoms with Crippen molar-refractivity contribution in [2.24, 2.45) is 5.73 Å². The van der Waals surface area contributed by atoms with Crippen LogP contribution in [0.15, 0.2) is 24.3 Å². The van der Waals surface area contributed by atoms with Crippen molar-refractivity contribution in [2.45, 2.75) is 24.8 Å². The maximum Gasteiger partial charge on any atom is 0.321 e. The summed E-state index contributed by atoms with van der Waals surface area (Å²) < 4.78 is 0. The van der Waals surface area contributed by atoms with Crippen LogP contribution in [0.25, 0.3) is 0 Å². The van der Waals surface area contributed by atoms with E-state index in [4.69, 9.17) is 27.5 Å². The van der Waals surface area contributed by atoms with E-state index in [-0.39, 0.29) is 0 Å². The Bertz CT molecular complexity index is 510. The third kappa shape index (κ3) is 6.01. The van der Waals surface area contributed by atoms with Gasteiger partial charge in [0.25, 0.3) is 0 Å². The quantitative estimate of drug-likeness (QED) is 0.614. The highest BCUT2D eigenvalue weighted by atomic mass is 35.5. The molecule has 1 heterocycles. The van der Waals surface area contributed by atoms with E-state index in [1.54, 1.807) is 0 Å². The van der Waals surface area contributed by atoms with Crippen molar-refractivity contribution in [3.05, 3.63) is 35.4 Å². The topological polar surface area (TPSA) is 113 Å². The molecule has 1 unspecified atom stereocenters. The Labute approximate surface area is 134 Å². The van der Waals surface area contributed by atoms with Crippen LogP contribution in [0.5, 0.6) is 0 Å². The van der Waals surface area contributed by atoms with Crippen molar-refractivity contribution in [1.29, 1.82) is 0 Å². The smallest absolute Gasteiger partial charge is 0.321 e. The number of nitrogens with one attached hydrogen (secondary N) is 1. The predicted molar refractivity (Wildman–Crippen MR) is 84.3 cm³/mol. The van der Waals surface area contributed by atoms with Crippen LogP contribution in [0.2, 0.25) is 0 Å². The number of carboxylic acid groups (broad SMARTS) is 2. The number of aliphatic carboxylic acids is 2. The number of alkyl halides is 1. The van der Waals surface area contributed by atoms with Crippen molar-refractivity contribution in [3.63, 3.8) is 0 Å². The second-order valence-electron chi connectivity index (χ2n) is 5.05. The van der Waals surface area contributed by atoms with E-state index in [2.05, 4.69) is 29.6 Å². The molecule has 0 amide bonds. The number of rotatable bonds is 4. The molecular formula is C15H21ClN2O4. The molecule has 0 aromatic heterocycles. The normalized spacial score (nSPS) is 18.2. The molecule has 1 aromatic rings. The number of carbonyl (C=O) groups is 2. The van der Waals surface area contributed by atoms with Gasteiger partial charge in [0.1, 0.15) is 6.04 Å². The molecule has 0 spiro atoms. The highest BCUT2D eigenvalue weighted by molar-refractivity contribution is 6.18. The molecule has 5 N–H and O–H groups in total. The van der Waals surface area contributed by atoms with Gasteiger partial charge in [-0.25, -0.2) is 0 Å². The first kappa shape index (κ1) is 18.4. The van der Waals surface area contributed by atoms with Crippen LogP contribution in [0.1, 0.15) is 23.5 Å². The van der Waals surface area contributed by atoms with Crippen LogP contribution in [0.4, 0.5) is 0 Å². The van der Waals surface area contributed by atoms with Gasteiger partial charge in [-0.2, -0.15) is 0 Å². The summed E-state index contributed by atoms with van der Waals surface area (Å²) in [5.74, 6) is -1.30. The molecule has 1 aliphatic heterocycles. The van der Waals surface area contributed by atoms with Gasteiger partial charge >= 0.3 is 11.9 Å². The molecule has 0 saturated carbocycles. The summed E-state index contributed by atoms with van der Waals surface area (Å²) >= 11 is 5.94. The van der Waals surface area contributed by atoms with Gasteiger partial charge in [0, 0.05) is 18.3 Å². The average Bonchev–Trinajstić information content (AvgIpc) is 2.69. The zero-order chi connectivity index (χ0) is 16.5. The van der Waals surface area contributed by atoms with Crippen molar-refractivity contribution in [2.75, 3.05) is 19.0 Å². The van der Waals surface area contributed by atoms with Gasteiger partial charge in [-0.1, -0.05) is 24.3 Å². The van der Waals surface area contributed by atoms with E-state index in [0.29, 0.717) is 11.8 Å². The van der Waals surface area contributed by atoms with Gasteiger partial charge in [-0.05, 0) is 24.1 Å². The fourth-order valence-corrected chi connectivity index (χ4v) is 2.46. The summed E-state index contributed by atoms with van der Waals surface area (Å²) in [6.07, 6.45) is 0.596. The van der Waals surface area contributed by atoms with Gasteiger partial charge in [-0.3, -0.25) is 9.59 Å². The maximum atomic E-state index is 9.85. The van der Waals surface area contributed by atoms with Gasteiger partial charge < -0.3 is 21.3 Å². The van der Waals surface area contributed by atoms with Crippen LogP contribution in [0, 0.1) is 0 Å².